The number of piperidine rings is 1. The molecule has 0 aliphatic carbocycles. The van der Waals surface area contributed by atoms with Crippen molar-refractivity contribution in [1.82, 2.24) is 4.90 Å². The van der Waals surface area contributed by atoms with E-state index in [-0.39, 0.29) is 23.0 Å². The van der Waals surface area contributed by atoms with Crippen LogP contribution < -0.4 is 0 Å². The molecule has 1 amide bonds. The number of amides is 1. The monoisotopic (exact) mass is 367 g/mol. The topological polar surface area (TPSA) is 83.9 Å². The van der Waals surface area contributed by atoms with Crippen LogP contribution in [0.1, 0.15) is 32.1 Å². The first-order chi connectivity index (χ1) is 11.9. The highest BCUT2D eigenvalue weighted by Gasteiger charge is 2.44. The van der Waals surface area contributed by atoms with E-state index in [0.29, 0.717) is 32.5 Å². The number of hydrogen-bond donors (Lipinski definition) is 1. The van der Waals surface area contributed by atoms with Crippen LogP contribution in [0.2, 0.25) is 0 Å². The van der Waals surface area contributed by atoms with Gasteiger partial charge in [-0.15, -0.1) is 0 Å². The number of carbonyl (C=O) groups excluding carboxylic acids is 1. The summed E-state index contributed by atoms with van der Waals surface area (Å²) in [7, 11) is -3.44. The number of aliphatic hydroxyl groups is 1. The summed E-state index contributed by atoms with van der Waals surface area (Å²) in [5, 5.41) is 10.2. The molecule has 0 bridgehead atoms. The van der Waals surface area contributed by atoms with Crippen LogP contribution in [0.25, 0.3) is 0 Å². The van der Waals surface area contributed by atoms with E-state index in [0.717, 1.165) is 12.8 Å². The summed E-state index contributed by atoms with van der Waals surface area (Å²) < 4.78 is 30.4. The molecule has 2 aliphatic rings. The zero-order chi connectivity index (χ0) is 17.9. The van der Waals surface area contributed by atoms with Gasteiger partial charge in [0, 0.05) is 26.1 Å². The molecule has 6 nitrogen and oxygen atoms in total. The van der Waals surface area contributed by atoms with Gasteiger partial charge >= 0.3 is 0 Å². The Labute approximate surface area is 148 Å². The Bertz CT molecular complexity index is 695. The lowest BCUT2D eigenvalue weighted by atomic mass is 9.82. The number of sulfone groups is 1. The molecule has 0 unspecified atom stereocenters. The summed E-state index contributed by atoms with van der Waals surface area (Å²) in [6.07, 6.45) is 2.31. The molecule has 7 heteroatoms. The molecule has 1 aromatic carbocycles. The highest BCUT2D eigenvalue weighted by Crippen LogP contribution is 2.35. The van der Waals surface area contributed by atoms with Gasteiger partial charge in [-0.1, -0.05) is 18.2 Å². The minimum absolute atomic E-state index is 0.0202. The number of hydrogen-bond acceptors (Lipinski definition) is 5. The molecule has 2 fully saturated rings. The van der Waals surface area contributed by atoms with Gasteiger partial charge in [-0.2, -0.15) is 0 Å². The molecule has 2 saturated heterocycles. The average Bonchev–Trinajstić information content (AvgIpc) is 2.64. The number of benzene rings is 1. The maximum atomic E-state index is 12.4. The maximum absolute atomic E-state index is 12.4. The zero-order valence-corrected chi connectivity index (χ0v) is 15.1. The van der Waals surface area contributed by atoms with Crippen molar-refractivity contribution in [3.8, 4) is 0 Å². The van der Waals surface area contributed by atoms with Crippen molar-refractivity contribution in [3.05, 3.63) is 30.3 Å². The van der Waals surface area contributed by atoms with Gasteiger partial charge in [0.1, 0.15) is 0 Å². The van der Waals surface area contributed by atoms with Crippen molar-refractivity contribution in [2.75, 3.05) is 25.4 Å². The largest absolute Gasteiger partial charge is 0.390 e. The lowest BCUT2D eigenvalue weighted by molar-refractivity contribution is -0.179. The summed E-state index contributed by atoms with van der Waals surface area (Å²) in [6, 6.07) is 8.20. The molecule has 25 heavy (non-hydrogen) atoms. The number of rotatable bonds is 4. The molecule has 2 aliphatic heterocycles. The van der Waals surface area contributed by atoms with Gasteiger partial charge in [0.15, 0.2) is 9.84 Å². The molecule has 0 saturated carbocycles. The second-order valence-electron chi connectivity index (χ2n) is 6.83. The van der Waals surface area contributed by atoms with Crippen LogP contribution >= 0.6 is 0 Å². The summed E-state index contributed by atoms with van der Waals surface area (Å²) in [5.41, 5.74) is -0.523. The van der Waals surface area contributed by atoms with Crippen LogP contribution in [0.5, 0.6) is 0 Å². The van der Waals surface area contributed by atoms with Gasteiger partial charge in [-0.3, -0.25) is 4.79 Å². The highest BCUT2D eigenvalue weighted by atomic mass is 32.2. The molecule has 0 aromatic heterocycles. The number of ether oxygens (including phenoxy) is 1. The van der Waals surface area contributed by atoms with Crippen molar-refractivity contribution < 1.29 is 23.1 Å². The van der Waals surface area contributed by atoms with Gasteiger partial charge in [0.05, 0.1) is 22.4 Å². The zero-order valence-electron chi connectivity index (χ0n) is 14.3. The van der Waals surface area contributed by atoms with E-state index in [2.05, 4.69) is 0 Å². The smallest absolute Gasteiger partial charge is 0.223 e. The lowest BCUT2D eigenvalue weighted by Gasteiger charge is -2.46. The summed E-state index contributed by atoms with van der Waals surface area (Å²) in [4.78, 5) is 14.3. The molecule has 1 N–H and O–H groups in total. The fraction of sp³-hybridized carbons (Fsp3) is 0.611. The van der Waals surface area contributed by atoms with Crippen LogP contribution in [0.15, 0.2) is 35.2 Å². The number of aliphatic hydroxyl groups excluding tert-OH is 1. The van der Waals surface area contributed by atoms with E-state index in [9.17, 15) is 18.3 Å². The van der Waals surface area contributed by atoms with Crippen molar-refractivity contribution in [3.63, 3.8) is 0 Å². The second-order valence-corrected chi connectivity index (χ2v) is 8.94. The minimum Gasteiger partial charge on any atom is -0.390 e. The van der Waals surface area contributed by atoms with Crippen LogP contribution in [0.4, 0.5) is 0 Å². The van der Waals surface area contributed by atoms with Gasteiger partial charge in [-0.05, 0) is 37.8 Å². The predicted molar refractivity (Wildman–Crippen MR) is 92.8 cm³/mol. The van der Waals surface area contributed by atoms with Crippen molar-refractivity contribution in [2.45, 2.75) is 48.7 Å². The van der Waals surface area contributed by atoms with Gasteiger partial charge in [0.25, 0.3) is 0 Å². The maximum Gasteiger partial charge on any atom is 0.223 e. The Morgan fingerprint density at radius 1 is 1.24 bits per heavy atom. The van der Waals surface area contributed by atoms with E-state index < -0.39 is 21.5 Å². The predicted octanol–water partition coefficient (Wildman–Crippen LogP) is 1.38. The molecule has 0 radical (unpaired) electrons. The third kappa shape index (κ3) is 4.04. The first kappa shape index (κ1) is 18.4. The molecule has 2 heterocycles. The number of nitrogens with zero attached hydrogens (tertiary/aromatic N) is 1. The van der Waals surface area contributed by atoms with Crippen LogP contribution in [-0.4, -0.2) is 61.5 Å². The molecule has 3 rings (SSSR count). The third-order valence-corrected chi connectivity index (χ3v) is 7.00. The second kappa shape index (κ2) is 7.43. The third-order valence-electron chi connectivity index (χ3n) is 5.27. The minimum atomic E-state index is -3.44. The normalized spacial score (nSPS) is 23.6. The van der Waals surface area contributed by atoms with E-state index in [4.69, 9.17) is 4.74 Å². The molecule has 1 atom stereocenters. The van der Waals surface area contributed by atoms with Gasteiger partial charge in [0.2, 0.25) is 5.91 Å². The molecule has 1 aromatic rings. The van der Waals surface area contributed by atoms with Crippen molar-refractivity contribution >= 4 is 15.7 Å². The Kier molecular flexibility index (Phi) is 5.46. The molecular weight excluding hydrogens is 342 g/mol. The Balaban J connectivity index is 1.53. The Morgan fingerprint density at radius 3 is 2.56 bits per heavy atom. The van der Waals surface area contributed by atoms with E-state index in [1.807, 2.05) is 0 Å². The van der Waals surface area contributed by atoms with E-state index in [1.54, 1.807) is 35.2 Å². The summed E-state index contributed by atoms with van der Waals surface area (Å²) >= 11 is 0. The van der Waals surface area contributed by atoms with Crippen LogP contribution in [0.3, 0.4) is 0 Å². The van der Waals surface area contributed by atoms with Crippen LogP contribution in [-0.2, 0) is 19.4 Å². The number of likely N-dealkylation sites (tertiary alicyclic amines) is 1. The van der Waals surface area contributed by atoms with E-state index in [1.165, 1.54) is 0 Å². The molecular formula is C18H25NO5S. The first-order valence-corrected chi connectivity index (χ1v) is 10.5. The summed E-state index contributed by atoms with van der Waals surface area (Å²) in [5.74, 6) is -0.337. The van der Waals surface area contributed by atoms with Crippen molar-refractivity contribution in [1.29, 1.82) is 0 Å². The van der Waals surface area contributed by atoms with E-state index >= 15 is 0 Å². The van der Waals surface area contributed by atoms with Gasteiger partial charge < -0.3 is 14.7 Å². The quantitative estimate of drug-likeness (QED) is 0.869. The number of carbonyl (C=O) groups is 1. The fourth-order valence-corrected chi connectivity index (χ4v) is 4.90. The Hall–Kier alpha value is -1.44. The van der Waals surface area contributed by atoms with Gasteiger partial charge in [-0.25, -0.2) is 8.42 Å². The molecule has 138 valence electrons. The highest BCUT2D eigenvalue weighted by molar-refractivity contribution is 7.91. The van der Waals surface area contributed by atoms with Crippen molar-refractivity contribution in [2.24, 2.45) is 0 Å². The Morgan fingerprint density at radius 2 is 1.92 bits per heavy atom. The fourth-order valence-electron chi connectivity index (χ4n) is 3.65. The SMILES string of the molecule is O=C(CCS(=O)(=O)c1ccccc1)N1CCC2(CC1)OCCC[C@@H]2O. The lowest BCUT2D eigenvalue weighted by Crippen LogP contribution is -2.56. The summed E-state index contributed by atoms with van der Waals surface area (Å²) in [6.45, 7) is 1.66. The molecule has 1 spiro atoms. The van der Waals surface area contributed by atoms with Crippen LogP contribution in [0, 0.1) is 0 Å². The first-order valence-electron chi connectivity index (χ1n) is 8.81. The average molecular weight is 367 g/mol. The standard InChI is InChI=1S/C18H25NO5S/c20-16-7-4-13-24-18(16)9-11-19(12-10-18)17(21)8-14-25(22,23)15-5-2-1-3-6-15/h1-3,5-6,16,20H,4,7-14H2/t16-/m0/s1.